The number of pyridine rings is 2. The van der Waals surface area contributed by atoms with E-state index in [2.05, 4.69) is 68.2 Å². The molecule has 0 aliphatic carbocycles. The van der Waals surface area contributed by atoms with Crippen LogP contribution in [0.25, 0.3) is 0 Å². The van der Waals surface area contributed by atoms with Crippen molar-refractivity contribution >= 4 is 17.3 Å². The fraction of sp³-hybridized carbons (Fsp3) is 0.567. The lowest BCUT2D eigenvalue weighted by Crippen LogP contribution is -2.45. The monoisotopic (exact) mass is 524 g/mol. The Labute approximate surface area is 228 Å². The molecule has 0 saturated heterocycles. The SMILES string of the molecule is C=C(CNC(CC)C(CCCCC)Nc1nc(Nc2cnc(OC)c(F)c2)c(C#N)cc1C)CC(C)(C)C. The number of unbranched alkanes of at least 4 members (excludes halogenated alkanes) is 2. The summed E-state index contributed by atoms with van der Waals surface area (Å²) in [6, 6.07) is 5.62. The zero-order chi connectivity index (χ0) is 28.3. The molecule has 7 nitrogen and oxygen atoms in total. The molecular formula is C30H45FN6O. The van der Waals surface area contributed by atoms with Crippen molar-refractivity contribution in [3.05, 3.63) is 47.4 Å². The van der Waals surface area contributed by atoms with Gasteiger partial charge in [0, 0.05) is 24.7 Å². The number of aryl methyl sites for hydroxylation is 1. The van der Waals surface area contributed by atoms with Crippen LogP contribution in [0.15, 0.2) is 30.5 Å². The van der Waals surface area contributed by atoms with Crippen molar-refractivity contribution in [2.75, 3.05) is 24.3 Å². The Morgan fingerprint density at radius 1 is 1.18 bits per heavy atom. The van der Waals surface area contributed by atoms with Crippen molar-refractivity contribution in [1.82, 2.24) is 15.3 Å². The molecule has 2 atom stereocenters. The normalized spacial score (nSPS) is 12.9. The average molecular weight is 525 g/mol. The molecule has 208 valence electrons. The van der Waals surface area contributed by atoms with E-state index in [1.807, 2.05) is 6.92 Å². The summed E-state index contributed by atoms with van der Waals surface area (Å²) in [7, 11) is 1.36. The highest BCUT2D eigenvalue weighted by molar-refractivity contribution is 5.66. The predicted octanol–water partition coefficient (Wildman–Crippen LogP) is 7.27. The van der Waals surface area contributed by atoms with Crippen molar-refractivity contribution in [3.8, 4) is 11.9 Å². The molecule has 0 fully saturated rings. The molecule has 0 radical (unpaired) electrons. The summed E-state index contributed by atoms with van der Waals surface area (Å²) in [5.74, 6) is 0.360. The maximum Gasteiger partial charge on any atom is 0.250 e. The molecule has 0 aliphatic rings. The molecule has 0 aliphatic heterocycles. The lowest BCUT2D eigenvalue weighted by atomic mass is 9.88. The Balaban J connectivity index is 2.30. The molecule has 2 heterocycles. The van der Waals surface area contributed by atoms with Crippen LogP contribution in [0, 0.1) is 29.5 Å². The largest absolute Gasteiger partial charge is 0.479 e. The first-order valence-corrected chi connectivity index (χ1v) is 13.6. The lowest BCUT2D eigenvalue weighted by molar-refractivity contribution is 0.369. The third kappa shape index (κ3) is 9.60. The first-order valence-electron chi connectivity index (χ1n) is 13.6. The molecule has 2 aromatic heterocycles. The van der Waals surface area contributed by atoms with Gasteiger partial charge in [-0.2, -0.15) is 5.26 Å². The number of anilines is 3. The quantitative estimate of drug-likeness (QED) is 0.167. The van der Waals surface area contributed by atoms with Crippen molar-refractivity contribution in [3.63, 3.8) is 0 Å². The summed E-state index contributed by atoms with van der Waals surface area (Å²) < 4.78 is 19.1. The number of nitriles is 1. The van der Waals surface area contributed by atoms with Crippen molar-refractivity contribution in [2.24, 2.45) is 5.41 Å². The summed E-state index contributed by atoms with van der Waals surface area (Å²) >= 11 is 0. The van der Waals surface area contributed by atoms with E-state index < -0.39 is 5.82 Å². The fourth-order valence-corrected chi connectivity index (χ4v) is 4.54. The molecule has 8 heteroatoms. The Hall–Kier alpha value is -3.18. The van der Waals surface area contributed by atoms with Crippen molar-refractivity contribution < 1.29 is 9.13 Å². The smallest absolute Gasteiger partial charge is 0.250 e. The molecule has 2 rings (SSSR count). The Kier molecular flexibility index (Phi) is 12.0. The second-order valence-corrected chi connectivity index (χ2v) is 11.1. The van der Waals surface area contributed by atoms with Crippen LogP contribution in [0.1, 0.15) is 84.3 Å². The average Bonchev–Trinajstić information content (AvgIpc) is 2.85. The van der Waals surface area contributed by atoms with Gasteiger partial charge in [0.2, 0.25) is 5.88 Å². The summed E-state index contributed by atoms with van der Waals surface area (Å²) in [6.45, 7) is 18.1. The molecule has 0 bridgehead atoms. The number of methoxy groups -OCH3 is 1. The van der Waals surface area contributed by atoms with Crippen LogP contribution >= 0.6 is 0 Å². The number of aromatic nitrogens is 2. The summed E-state index contributed by atoms with van der Waals surface area (Å²) in [4.78, 5) is 8.74. The summed E-state index contributed by atoms with van der Waals surface area (Å²) in [5.41, 5.74) is 3.03. The number of nitrogens with one attached hydrogen (secondary N) is 3. The van der Waals surface area contributed by atoms with Crippen LogP contribution in [-0.4, -0.2) is 35.7 Å². The minimum absolute atomic E-state index is 0.0894. The number of hydrogen-bond acceptors (Lipinski definition) is 7. The number of rotatable bonds is 15. The first-order chi connectivity index (χ1) is 18.0. The second kappa shape index (κ2) is 14.7. The lowest BCUT2D eigenvalue weighted by Gasteiger charge is -2.30. The maximum atomic E-state index is 14.2. The molecule has 38 heavy (non-hydrogen) atoms. The molecule has 3 N–H and O–H groups in total. The van der Waals surface area contributed by atoms with Gasteiger partial charge in [-0.05, 0) is 43.2 Å². The highest BCUT2D eigenvalue weighted by atomic mass is 19.1. The van der Waals surface area contributed by atoms with Crippen LogP contribution in [0.5, 0.6) is 5.88 Å². The standard InChI is InChI=1S/C30H45FN6O/c1-9-11-12-13-26(25(10-2)33-18-20(3)16-30(5,6)7)36-27-21(4)14-22(17-32)28(37-27)35-23-15-24(31)29(38-8)34-19-23/h14-15,19,25-26,33H,3,9-13,16,18H2,1-2,4-8H3,(H2,35,36,37). The van der Waals surface area contributed by atoms with E-state index in [4.69, 9.17) is 9.72 Å². The van der Waals surface area contributed by atoms with E-state index in [0.29, 0.717) is 22.9 Å². The van der Waals surface area contributed by atoms with E-state index in [-0.39, 0.29) is 23.4 Å². The minimum atomic E-state index is -0.595. The molecule has 0 spiro atoms. The molecule has 2 aromatic rings. The van der Waals surface area contributed by atoms with Gasteiger partial charge in [0.1, 0.15) is 11.9 Å². The van der Waals surface area contributed by atoms with Gasteiger partial charge in [-0.3, -0.25) is 0 Å². The highest BCUT2D eigenvalue weighted by Gasteiger charge is 2.22. The van der Waals surface area contributed by atoms with Crippen LogP contribution < -0.4 is 20.7 Å². The van der Waals surface area contributed by atoms with E-state index in [9.17, 15) is 9.65 Å². The highest BCUT2D eigenvalue weighted by Crippen LogP contribution is 2.27. The van der Waals surface area contributed by atoms with E-state index in [1.54, 1.807) is 6.07 Å². The van der Waals surface area contributed by atoms with Crippen LogP contribution in [0.4, 0.5) is 21.7 Å². The topological polar surface area (TPSA) is 94.9 Å². The zero-order valence-corrected chi connectivity index (χ0v) is 24.2. The van der Waals surface area contributed by atoms with Gasteiger partial charge in [-0.1, -0.05) is 66.0 Å². The Morgan fingerprint density at radius 2 is 1.92 bits per heavy atom. The van der Waals surface area contributed by atoms with E-state index >= 15 is 0 Å². The predicted molar refractivity (Wildman–Crippen MR) is 155 cm³/mol. The number of nitrogens with zero attached hydrogens (tertiary/aromatic N) is 3. The van der Waals surface area contributed by atoms with Gasteiger partial charge >= 0.3 is 0 Å². The molecule has 2 unspecified atom stereocenters. The van der Waals surface area contributed by atoms with Gasteiger partial charge < -0.3 is 20.7 Å². The van der Waals surface area contributed by atoms with Gasteiger partial charge in [0.05, 0.1) is 24.6 Å². The van der Waals surface area contributed by atoms with Gasteiger partial charge in [-0.25, -0.2) is 14.4 Å². The van der Waals surface area contributed by atoms with Gasteiger partial charge in [0.15, 0.2) is 11.6 Å². The van der Waals surface area contributed by atoms with Crippen LogP contribution in [0.3, 0.4) is 0 Å². The van der Waals surface area contributed by atoms with Crippen molar-refractivity contribution in [1.29, 1.82) is 5.26 Å². The maximum absolute atomic E-state index is 14.2. The minimum Gasteiger partial charge on any atom is -0.479 e. The number of halogens is 1. The van der Waals surface area contributed by atoms with Crippen molar-refractivity contribution in [2.45, 2.75) is 92.2 Å². The summed E-state index contributed by atoms with van der Waals surface area (Å²) in [5, 5.41) is 20.2. The van der Waals surface area contributed by atoms with Gasteiger partial charge in [0.25, 0.3) is 0 Å². The third-order valence-electron chi connectivity index (χ3n) is 6.36. The number of hydrogen-bond donors (Lipinski definition) is 3. The van der Waals surface area contributed by atoms with Gasteiger partial charge in [-0.15, -0.1) is 0 Å². The molecule has 0 amide bonds. The number of ether oxygens (including phenoxy) is 1. The first kappa shape index (κ1) is 31.0. The summed E-state index contributed by atoms with van der Waals surface area (Å²) in [6.07, 6.45) is 7.77. The van der Waals surface area contributed by atoms with E-state index in [1.165, 1.54) is 24.9 Å². The fourth-order valence-electron chi connectivity index (χ4n) is 4.54. The second-order valence-electron chi connectivity index (χ2n) is 11.1. The van der Waals surface area contributed by atoms with Crippen LogP contribution in [0.2, 0.25) is 0 Å². The zero-order valence-electron chi connectivity index (χ0n) is 24.2. The molecule has 0 saturated carbocycles. The van der Waals surface area contributed by atoms with Crippen LogP contribution in [-0.2, 0) is 0 Å². The third-order valence-corrected chi connectivity index (χ3v) is 6.36. The Morgan fingerprint density at radius 3 is 2.50 bits per heavy atom. The Bertz CT molecular complexity index is 1110. The molecule has 0 aromatic carbocycles. The molecular weight excluding hydrogens is 479 g/mol. The van der Waals surface area contributed by atoms with E-state index in [0.717, 1.165) is 50.6 Å².